The Kier molecular flexibility index (Phi) is 5.25. The van der Waals surface area contributed by atoms with Crippen LogP contribution < -0.4 is 14.5 Å². The maximum atomic E-state index is 12.7. The highest BCUT2D eigenvalue weighted by atomic mass is 32.2. The standard InChI is InChI=1S/C20H21N3O5S/c24-19-9-14-29(26,27)23(19)16-7-5-15(6-8-16)20(25)21-17-3-1-2-4-18(17)22-10-12-28-13-11-22/h1-8H,9-14H2,(H,21,25). The normalized spacial score (nSPS) is 18.7. The van der Waals surface area contributed by atoms with Crippen LogP contribution in [0.4, 0.5) is 17.1 Å². The van der Waals surface area contributed by atoms with E-state index in [1.54, 1.807) is 0 Å². The number of benzene rings is 2. The van der Waals surface area contributed by atoms with Crippen molar-refractivity contribution in [2.75, 3.05) is 46.6 Å². The molecule has 0 unspecified atom stereocenters. The van der Waals surface area contributed by atoms with E-state index in [2.05, 4.69) is 10.2 Å². The molecule has 0 atom stereocenters. The Bertz CT molecular complexity index is 1030. The van der Waals surface area contributed by atoms with Gasteiger partial charge in [0.05, 0.1) is 36.0 Å². The number of ether oxygens (including phenoxy) is 1. The zero-order chi connectivity index (χ0) is 20.4. The lowest BCUT2D eigenvalue weighted by Crippen LogP contribution is -2.36. The van der Waals surface area contributed by atoms with Crippen LogP contribution in [0.3, 0.4) is 0 Å². The maximum absolute atomic E-state index is 12.7. The molecule has 2 saturated heterocycles. The third-order valence-electron chi connectivity index (χ3n) is 4.95. The Morgan fingerprint density at radius 1 is 1.00 bits per heavy atom. The Balaban J connectivity index is 1.52. The fraction of sp³-hybridized carbons (Fsp3) is 0.300. The largest absolute Gasteiger partial charge is 0.378 e. The van der Waals surface area contributed by atoms with Crippen LogP contribution in [-0.4, -0.2) is 52.3 Å². The number of morpholine rings is 1. The van der Waals surface area contributed by atoms with E-state index in [0.29, 0.717) is 24.5 Å². The van der Waals surface area contributed by atoms with Crippen LogP contribution in [0, 0.1) is 0 Å². The smallest absolute Gasteiger partial charge is 0.255 e. The second-order valence-electron chi connectivity index (χ2n) is 6.84. The molecule has 2 amide bonds. The van der Waals surface area contributed by atoms with Crippen molar-refractivity contribution < 1.29 is 22.7 Å². The molecule has 0 saturated carbocycles. The van der Waals surface area contributed by atoms with Gasteiger partial charge in [-0.15, -0.1) is 0 Å². The predicted octanol–water partition coefficient (Wildman–Crippen LogP) is 1.84. The number of sulfonamides is 1. The fourth-order valence-corrected chi connectivity index (χ4v) is 4.93. The summed E-state index contributed by atoms with van der Waals surface area (Å²) in [6, 6.07) is 13.6. The predicted molar refractivity (Wildman–Crippen MR) is 110 cm³/mol. The fourth-order valence-electron chi connectivity index (χ4n) is 3.47. The average molecular weight is 415 g/mol. The zero-order valence-corrected chi connectivity index (χ0v) is 16.5. The molecule has 2 aliphatic heterocycles. The van der Waals surface area contributed by atoms with Crippen molar-refractivity contribution in [3.63, 3.8) is 0 Å². The summed E-state index contributed by atoms with van der Waals surface area (Å²) in [5.74, 6) is -0.957. The minimum Gasteiger partial charge on any atom is -0.378 e. The first-order chi connectivity index (χ1) is 14.0. The first-order valence-corrected chi connectivity index (χ1v) is 11.0. The van der Waals surface area contributed by atoms with E-state index in [1.807, 2.05) is 24.3 Å². The number of nitrogens with one attached hydrogen (secondary N) is 1. The topological polar surface area (TPSA) is 96.0 Å². The molecule has 2 aliphatic rings. The summed E-state index contributed by atoms with van der Waals surface area (Å²) in [4.78, 5) is 26.8. The summed E-state index contributed by atoms with van der Waals surface area (Å²) in [5, 5.41) is 2.92. The lowest BCUT2D eigenvalue weighted by Gasteiger charge is -2.30. The number of rotatable bonds is 4. The van der Waals surface area contributed by atoms with Crippen molar-refractivity contribution in [1.29, 1.82) is 0 Å². The molecule has 2 heterocycles. The SMILES string of the molecule is O=C(Nc1ccccc1N1CCOCC1)c1ccc(N2C(=O)CCS2(=O)=O)cc1. The Labute approximate surface area is 169 Å². The summed E-state index contributed by atoms with van der Waals surface area (Å²) in [5.41, 5.74) is 2.24. The summed E-state index contributed by atoms with van der Waals surface area (Å²) in [6.07, 6.45) is -0.0249. The van der Waals surface area contributed by atoms with E-state index in [9.17, 15) is 18.0 Å². The first kappa shape index (κ1) is 19.4. The van der Waals surface area contributed by atoms with Gasteiger partial charge in [0.2, 0.25) is 15.9 Å². The van der Waals surface area contributed by atoms with Crippen molar-refractivity contribution in [2.45, 2.75) is 6.42 Å². The van der Waals surface area contributed by atoms with E-state index in [0.717, 1.165) is 23.1 Å². The molecule has 2 aromatic rings. The minimum absolute atomic E-state index is 0.0249. The van der Waals surface area contributed by atoms with Crippen molar-refractivity contribution in [3.05, 3.63) is 54.1 Å². The lowest BCUT2D eigenvalue weighted by molar-refractivity contribution is -0.116. The molecule has 9 heteroatoms. The second-order valence-corrected chi connectivity index (χ2v) is 8.78. The highest BCUT2D eigenvalue weighted by Gasteiger charge is 2.36. The van der Waals surface area contributed by atoms with Gasteiger partial charge in [-0.1, -0.05) is 12.1 Å². The third-order valence-corrected chi connectivity index (χ3v) is 6.64. The number of hydrogen-bond acceptors (Lipinski definition) is 6. The number of amides is 2. The van der Waals surface area contributed by atoms with Crippen LogP contribution >= 0.6 is 0 Å². The monoisotopic (exact) mass is 415 g/mol. The summed E-state index contributed by atoms with van der Waals surface area (Å²) < 4.78 is 30.3. The maximum Gasteiger partial charge on any atom is 0.255 e. The Morgan fingerprint density at radius 2 is 1.69 bits per heavy atom. The van der Waals surface area contributed by atoms with Crippen molar-refractivity contribution >= 4 is 38.9 Å². The molecular weight excluding hydrogens is 394 g/mol. The highest BCUT2D eigenvalue weighted by molar-refractivity contribution is 7.94. The van der Waals surface area contributed by atoms with Gasteiger partial charge in [0.1, 0.15) is 0 Å². The number of anilines is 3. The van der Waals surface area contributed by atoms with Crippen molar-refractivity contribution in [1.82, 2.24) is 0 Å². The van der Waals surface area contributed by atoms with Gasteiger partial charge in [0, 0.05) is 25.1 Å². The minimum atomic E-state index is -3.62. The van der Waals surface area contributed by atoms with Crippen LogP contribution in [0.15, 0.2) is 48.5 Å². The molecule has 2 aromatic carbocycles. The summed E-state index contributed by atoms with van der Waals surface area (Å²) >= 11 is 0. The van der Waals surface area contributed by atoms with E-state index in [-0.39, 0.29) is 23.8 Å². The van der Waals surface area contributed by atoms with Gasteiger partial charge in [-0.25, -0.2) is 12.7 Å². The quantitative estimate of drug-likeness (QED) is 0.819. The Hall–Kier alpha value is -2.91. The molecule has 0 spiro atoms. The van der Waals surface area contributed by atoms with Crippen LogP contribution in [-0.2, 0) is 19.6 Å². The third kappa shape index (κ3) is 3.96. The van der Waals surface area contributed by atoms with Gasteiger partial charge in [-0.2, -0.15) is 0 Å². The van der Waals surface area contributed by atoms with Gasteiger partial charge in [-0.3, -0.25) is 9.59 Å². The number of nitrogens with zero attached hydrogens (tertiary/aromatic N) is 2. The van der Waals surface area contributed by atoms with Crippen molar-refractivity contribution in [2.24, 2.45) is 0 Å². The molecule has 0 aromatic heterocycles. The molecular formula is C20H21N3O5S. The molecule has 29 heavy (non-hydrogen) atoms. The van der Waals surface area contributed by atoms with Gasteiger partial charge >= 0.3 is 0 Å². The van der Waals surface area contributed by atoms with E-state index < -0.39 is 15.9 Å². The summed E-state index contributed by atoms with van der Waals surface area (Å²) in [7, 11) is -3.62. The number of carbonyl (C=O) groups excluding carboxylic acids is 2. The molecule has 0 aliphatic carbocycles. The van der Waals surface area contributed by atoms with Crippen molar-refractivity contribution in [3.8, 4) is 0 Å². The molecule has 4 rings (SSSR count). The van der Waals surface area contributed by atoms with E-state index in [4.69, 9.17) is 4.74 Å². The van der Waals surface area contributed by atoms with Crippen LogP contribution in [0.25, 0.3) is 0 Å². The lowest BCUT2D eigenvalue weighted by atomic mass is 10.1. The second kappa shape index (κ2) is 7.84. The van der Waals surface area contributed by atoms with Gasteiger partial charge < -0.3 is 15.0 Å². The number of para-hydroxylation sites is 2. The first-order valence-electron chi connectivity index (χ1n) is 9.35. The molecule has 8 nitrogen and oxygen atoms in total. The van der Waals surface area contributed by atoms with Gasteiger partial charge in [0.15, 0.2) is 0 Å². The van der Waals surface area contributed by atoms with Crippen LogP contribution in [0.2, 0.25) is 0 Å². The number of hydrogen-bond donors (Lipinski definition) is 1. The van der Waals surface area contributed by atoms with Crippen LogP contribution in [0.5, 0.6) is 0 Å². The van der Waals surface area contributed by atoms with E-state index >= 15 is 0 Å². The van der Waals surface area contributed by atoms with Crippen LogP contribution in [0.1, 0.15) is 16.8 Å². The molecule has 0 radical (unpaired) electrons. The van der Waals surface area contributed by atoms with Gasteiger partial charge in [0.25, 0.3) is 5.91 Å². The molecule has 152 valence electrons. The molecule has 2 fully saturated rings. The highest BCUT2D eigenvalue weighted by Crippen LogP contribution is 2.28. The zero-order valence-electron chi connectivity index (χ0n) is 15.7. The summed E-state index contributed by atoms with van der Waals surface area (Å²) in [6.45, 7) is 2.78. The number of carbonyl (C=O) groups is 2. The van der Waals surface area contributed by atoms with Gasteiger partial charge in [-0.05, 0) is 36.4 Å². The van der Waals surface area contributed by atoms with E-state index in [1.165, 1.54) is 24.3 Å². The average Bonchev–Trinajstić information content (AvgIpc) is 3.01. The molecule has 1 N–H and O–H groups in total. The molecule has 0 bridgehead atoms. The Morgan fingerprint density at radius 3 is 2.34 bits per heavy atom.